The van der Waals surface area contributed by atoms with Gasteiger partial charge in [-0.15, -0.1) is 0 Å². The van der Waals surface area contributed by atoms with Gasteiger partial charge in [0.1, 0.15) is 0 Å². The predicted octanol–water partition coefficient (Wildman–Crippen LogP) is 11.7. The van der Waals surface area contributed by atoms with Crippen LogP contribution in [0.3, 0.4) is 0 Å². The molecule has 0 aliphatic carbocycles. The Hall–Kier alpha value is -5.47. The summed E-state index contributed by atoms with van der Waals surface area (Å²) in [5, 5.41) is 0. The summed E-state index contributed by atoms with van der Waals surface area (Å²) in [6.07, 6.45) is 7.97. The molecule has 2 heteroatoms. The van der Waals surface area contributed by atoms with E-state index in [1.54, 1.807) is 0 Å². The van der Waals surface area contributed by atoms with Gasteiger partial charge in [-0.2, -0.15) is 0 Å². The van der Waals surface area contributed by atoms with E-state index in [9.17, 15) is 0 Å². The van der Waals surface area contributed by atoms with E-state index in [1.165, 1.54) is 89.0 Å². The summed E-state index contributed by atoms with van der Waals surface area (Å²) in [5.74, 6) is 0. The highest BCUT2D eigenvalue weighted by Crippen LogP contribution is 2.37. The van der Waals surface area contributed by atoms with Crippen molar-refractivity contribution in [1.82, 2.24) is 4.57 Å². The Balaban J connectivity index is 1.42. The number of aromatic nitrogens is 2. The summed E-state index contributed by atoms with van der Waals surface area (Å²) in [6.45, 7) is 17.7. The zero-order valence-electron chi connectivity index (χ0n) is 29.9. The molecule has 49 heavy (non-hydrogen) atoms. The first kappa shape index (κ1) is 32.1. The quantitative estimate of drug-likeness (QED) is 0.127. The maximum atomic E-state index is 3.71. The van der Waals surface area contributed by atoms with Crippen molar-refractivity contribution in [2.45, 2.75) is 55.4 Å². The largest absolute Gasteiger partial charge is 0.299 e. The number of aryl methyl sites for hydroxylation is 8. The van der Waals surface area contributed by atoms with E-state index in [4.69, 9.17) is 0 Å². The Bertz CT molecular complexity index is 1980. The zero-order chi connectivity index (χ0) is 34.4. The standard InChI is InChI=1S/C47H44N2/c1-30-13-9-14-31(2)44(30)38-23-39(45-32(3)15-10-16-33(45)4)26-42(25-38)48-21-22-49(29-48)43-27-40(46-34(5)17-11-18-35(46)6)24-41(28-43)47-36(7)19-12-20-37(47)8/h9-28H,1-8H3. The maximum Gasteiger partial charge on any atom is 0.268 e. The van der Waals surface area contributed by atoms with Gasteiger partial charge in [0, 0.05) is 12.4 Å². The minimum absolute atomic E-state index is 1.08. The second-order valence-electron chi connectivity index (χ2n) is 13.7. The van der Waals surface area contributed by atoms with Crippen LogP contribution in [0, 0.1) is 61.7 Å². The lowest BCUT2D eigenvalue weighted by atomic mass is 9.90. The van der Waals surface area contributed by atoms with Gasteiger partial charge in [-0.25, -0.2) is 0 Å². The van der Waals surface area contributed by atoms with Gasteiger partial charge in [0.15, 0.2) is 0 Å². The van der Waals surface area contributed by atoms with Gasteiger partial charge >= 0.3 is 0 Å². The molecule has 7 rings (SSSR count). The highest BCUT2D eigenvalue weighted by atomic mass is 15.1. The first-order valence-electron chi connectivity index (χ1n) is 17.2. The van der Waals surface area contributed by atoms with Gasteiger partial charge in [0.2, 0.25) is 0 Å². The number of hydrogen-bond acceptors (Lipinski definition) is 0. The molecule has 1 heterocycles. The van der Waals surface area contributed by atoms with Gasteiger partial charge in [0.25, 0.3) is 6.33 Å². The molecule has 0 aliphatic rings. The number of rotatable bonds is 6. The van der Waals surface area contributed by atoms with Crippen molar-refractivity contribution in [1.29, 1.82) is 0 Å². The van der Waals surface area contributed by atoms with Gasteiger partial charge < -0.3 is 0 Å². The van der Waals surface area contributed by atoms with Crippen LogP contribution >= 0.6 is 0 Å². The Morgan fingerprint density at radius 3 is 1.04 bits per heavy atom. The minimum Gasteiger partial charge on any atom is -0.299 e. The van der Waals surface area contributed by atoms with Crippen molar-refractivity contribution in [3.05, 3.63) is 172 Å². The van der Waals surface area contributed by atoms with E-state index in [2.05, 4.69) is 192 Å². The van der Waals surface area contributed by atoms with Crippen molar-refractivity contribution in [2.75, 3.05) is 0 Å². The monoisotopic (exact) mass is 636 g/mol. The molecule has 1 aromatic heterocycles. The number of benzene rings is 6. The van der Waals surface area contributed by atoms with Crippen molar-refractivity contribution in [3.63, 3.8) is 0 Å². The molecule has 0 atom stereocenters. The maximum absolute atomic E-state index is 3.71. The number of hydrogen-bond donors (Lipinski definition) is 0. The molecule has 0 saturated carbocycles. The second kappa shape index (κ2) is 12.9. The first-order chi connectivity index (χ1) is 23.6. The summed E-state index contributed by atoms with van der Waals surface area (Å²) in [6, 6.07) is 40.2. The zero-order valence-corrected chi connectivity index (χ0v) is 29.9. The fourth-order valence-electron chi connectivity index (χ4n) is 7.76. The topological polar surface area (TPSA) is 8.81 Å². The minimum atomic E-state index is 1.08. The van der Waals surface area contributed by atoms with E-state index < -0.39 is 0 Å². The lowest BCUT2D eigenvalue weighted by Gasteiger charge is -2.17. The summed E-state index contributed by atoms with van der Waals surface area (Å²) in [5.41, 5.74) is 22.4. The SMILES string of the molecule is Cc1cccc(C)c1-c1cc(-c2c(C)cccc2C)cc(-n2[c-][n+](-c3cc(-c4c(C)cccc4C)cc(-c4c(C)cccc4C)c3)cc2)c1. The molecule has 0 unspecified atom stereocenters. The van der Waals surface area contributed by atoms with E-state index in [-0.39, 0.29) is 0 Å². The van der Waals surface area contributed by atoms with Crippen LogP contribution in [-0.4, -0.2) is 4.57 Å². The molecule has 0 amide bonds. The van der Waals surface area contributed by atoms with Crippen LogP contribution in [-0.2, 0) is 0 Å². The fraction of sp³-hybridized carbons (Fsp3) is 0.170. The molecular weight excluding hydrogens is 593 g/mol. The van der Waals surface area contributed by atoms with E-state index in [0.717, 1.165) is 11.4 Å². The molecular formula is C47H44N2. The van der Waals surface area contributed by atoms with Crippen LogP contribution in [0.4, 0.5) is 0 Å². The fourth-order valence-corrected chi connectivity index (χ4v) is 7.76. The predicted molar refractivity (Wildman–Crippen MR) is 206 cm³/mol. The van der Waals surface area contributed by atoms with Crippen molar-refractivity contribution < 1.29 is 4.57 Å². The normalized spacial score (nSPS) is 11.3. The second-order valence-corrected chi connectivity index (χ2v) is 13.7. The number of nitrogens with zero attached hydrogens (tertiary/aromatic N) is 2. The Labute approximate surface area is 292 Å². The molecule has 2 nitrogen and oxygen atoms in total. The van der Waals surface area contributed by atoms with Crippen molar-refractivity contribution in [2.24, 2.45) is 0 Å². The smallest absolute Gasteiger partial charge is 0.268 e. The van der Waals surface area contributed by atoms with E-state index in [1.807, 2.05) is 0 Å². The van der Waals surface area contributed by atoms with Crippen LogP contribution in [0.2, 0.25) is 0 Å². The lowest BCUT2D eigenvalue weighted by molar-refractivity contribution is -0.599. The third-order valence-electron chi connectivity index (χ3n) is 10.1. The molecule has 0 fully saturated rings. The van der Waals surface area contributed by atoms with Crippen LogP contribution < -0.4 is 4.57 Å². The van der Waals surface area contributed by atoms with Crippen molar-refractivity contribution >= 4 is 0 Å². The molecule has 0 spiro atoms. The molecule has 0 aliphatic heterocycles. The molecule has 7 aromatic rings. The Morgan fingerprint density at radius 1 is 0.408 bits per heavy atom. The van der Waals surface area contributed by atoms with E-state index in [0.29, 0.717) is 0 Å². The molecule has 6 aromatic carbocycles. The van der Waals surface area contributed by atoms with Crippen molar-refractivity contribution in [3.8, 4) is 55.9 Å². The highest BCUT2D eigenvalue weighted by Gasteiger charge is 2.16. The van der Waals surface area contributed by atoms with Gasteiger partial charge in [-0.1, -0.05) is 72.8 Å². The average molecular weight is 637 g/mol. The molecule has 0 saturated heterocycles. The van der Waals surface area contributed by atoms with Crippen LogP contribution in [0.5, 0.6) is 0 Å². The molecule has 0 bridgehead atoms. The van der Waals surface area contributed by atoms with Crippen LogP contribution in [0.15, 0.2) is 122 Å². The van der Waals surface area contributed by atoms with Crippen LogP contribution in [0.1, 0.15) is 44.5 Å². The Kier molecular flexibility index (Phi) is 8.42. The first-order valence-corrected chi connectivity index (χ1v) is 17.2. The third kappa shape index (κ3) is 6.04. The molecule has 242 valence electrons. The van der Waals surface area contributed by atoms with Gasteiger partial charge in [0.05, 0.1) is 11.4 Å². The summed E-state index contributed by atoms with van der Waals surface area (Å²) >= 11 is 0. The van der Waals surface area contributed by atoms with E-state index >= 15 is 0 Å². The highest BCUT2D eigenvalue weighted by molar-refractivity contribution is 5.82. The Morgan fingerprint density at radius 2 is 0.714 bits per heavy atom. The number of imidazole rings is 1. The summed E-state index contributed by atoms with van der Waals surface area (Å²) < 4.78 is 4.27. The van der Waals surface area contributed by atoms with Crippen LogP contribution in [0.25, 0.3) is 55.9 Å². The average Bonchev–Trinajstić information content (AvgIpc) is 3.55. The third-order valence-corrected chi connectivity index (χ3v) is 10.1. The summed E-state index contributed by atoms with van der Waals surface area (Å²) in [4.78, 5) is 0. The van der Waals surface area contributed by atoms with Gasteiger partial charge in [-0.05, 0) is 181 Å². The molecule has 0 radical (unpaired) electrons. The lowest BCUT2D eigenvalue weighted by Crippen LogP contribution is -2.28. The summed E-state index contributed by atoms with van der Waals surface area (Å²) in [7, 11) is 0. The van der Waals surface area contributed by atoms with Gasteiger partial charge in [-0.3, -0.25) is 9.13 Å². The molecule has 0 N–H and O–H groups in total.